The largest absolute Gasteiger partial charge is 0.456 e. The Morgan fingerprint density at radius 3 is 1.88 bits per heavy atom. The molecule has 0 bridgehead atoms. The molecule has 5 heteroatoms. The van der Waals surface area contributed by atoms with E-state index in [4.69, 9.17) is 13.8 Å². The fraction of sp³-hybridized carbons (Fsp3) is 0. The summed E-state index contributed by atoms with van der Waals surface area (Å²) in [5.41, 5.74) is 10.8. The first-order chi connectivity index (χ1) is 25.8. The van der Waals surface area contributed by atoms with Gasteiger partial charge in [-0.15, -0.1) is 0 Å². The average Bonchev–Trinajstić information content (AvgIpc) is 3.91. The molecule has 0 spiro atoms. The van der Waals surface area contributed by atoms with E-state index >= 15 is 0 Å². The number of hydrogen-bond acceptors (Lipinski definition) is 4. The van der Waals surface area contributed by atoms with Crippen LogP contribution >= 0.6 is 0 Å². The Labute approximate surface area is 298 Å². The predicted molar refractivity (Wildman–Crippen MR) is 213 cm³/mol. The van der Waals surface area contributed by atoms with Crippen molar-refractivity contribution in [3.05, 3.63) is 176 Å². The van der Waals surface area contributed by atoms with E-state index in [1.54, 1.807) is 0 Å². The van der Waals surface area contributed by atoms with Crippen molar-refractivity contribution in [1.29, 1.82) is 0 Å². The number of aromatic nitrogens is 2. The molecule has 0 aliphatic carbocycles. The lowest BCUT2D eigenvalue weighted by molar-refractivity contribution is 0.623. The summed E-state index contributed by atoms with van der Waals surface area (Å²) < 4.78 is 15.1. The molecule has 0 aliphatic rings. The molecule has 5 nitrogen and oxygen atoms in total. The van der Waals surface area contributed by atoms with Gasteiger partial charge in [0.2, 0.25) is 5.89 Å². The van der Waals surface area contributed by atoms with E-state index in [-0.39, 0.29) is 0 Å². The summed E-state index contributed by atoms with van der Waals surface area (Å²) >= 11 is 0. The molecule has 0 aliphatic heterocycles. The Morgan fingerprint density at radius 1 is 0.442 bits per heavy atom. The van der Waals surface area contributed by atoms with E-state index in [0.717, 1.165) is 77.6 Å². The summed E-state index contributed by atoms with van der Waals surface area (Å²) in [6, 6.07) is 61.5. The molecule has 0 saturated heterocycles. The van der Waals surface area contributed by atoms with Crippen LogP contribution in [0.1, 0.15) is 0 Å². The SMILES string of the molecule is c1ccc(-c2nc3cc(N(c4ccc5oc6ccccc6c5c4)c4ccc5c(c4)c4ccccc4n5-c4ccccc4)c4ccccc4c3o2)cc1. The van der Waals surface area contributed by atoms with Gasteiger partial charge in [0.1, 0.15) is 16.7 Å². The minimum absolute atomic E-state index is 0.603. The maximum atomic E-state index is 6.51. The maximum absolute atomic E-state index is 6.51. The van der Waals surface area contributed by atoms with Gasteiger partial charge in [0.05, 0.1) is 16.7 Å². The van der Waals surface area contributed by atoms with Crippen LogP contribution in [0, 0.1) is 0 Å². The van der Waals surface area contributed by atoms with Crippen LogP contribution in [-0.2, 0) is 0 Å². The van der Waals surface area contributed by atoms with Gasteiger partial charge in [-0.3, -0.25) is 0 Å². The van der Waals surface area contributed by atoms with Crippen molar-refractivity contribution >= 4 is 82.7 Å². The summed E-state index contributed by atoms with van der Waals surface area (Å²) in [5.74, 6) is 0.603. The molecule has 11 aromatic rings. The number of para-hydroxylation sites is 3. The van der Waals surface area contributed by atoms with Crippen molar-refractivity contribution in [3.63, 3.8) is 0 Å². The molecule has 0 amide bonds. The summed E-state index contributed by atoms with van der Waals surface area (Å²) in [7, 11) is 0. The molecule has 0 fully saturated rings. The summed E-state index contributed by atoms with van der Waals surface area (Å²) in [6.45, 7) is 0. The highest BCUT2D eigenvalue weighted by molar-refractivity contribution is 6.15. The number of nitrogens with zero attached hydrogens (tertiary/aromatic N) is 3. The van der Waals surface area contributed by atoms with Crippen LogP contribution < -0.4 is 4.90 Å². The zero-order valence-electron chi connectivity index (χ0n) is 27.9. The average molecular weight is 668 g/mol. The minimum atomic E-state index is 0.603. The van der Waals surface area contributed by atoms with E-state index in [2.05, 4.69) is 143 Å². The molecule has 0 N–H and O–H groups in total. The Morgan fingerprint density at radius 2 is 1.06 bits per heavy atom. The standard InChI is InChI=1S/C47H29N3O2/c1-3-13-30(14-4-1)47-48-40-29-43(34-17-7-8-20-37(34)46(40)52-47)49(33-24-26-45-39(28-33)36-19-10-12-22-44(36)51-45)32-23-25-42-38(27-32)35-18-9-11-21-41(35)50(42)31-15-5-2-6-16-31/h1-29H. The fourth-order valence-electron chi connectivity index (χ4n) is 7.86. The molecule has 3 heterocycles. The lowest BCUT2D eigenvalue weighted by Crippen LogP contribution is -2.10. The number of oxazole rings is 1. The van der Waals surface area contributed by atoms with Crippen molar-refractivity contribution in [3.8, 4) is 17.1 Å². The van der Waals surface area contributed by atoms with Gasteiger partial charge in [0.25, 0.3) is 0 Å². The van der Waals surface area contributed by atoms with E-state index in [1.165, 1.54) is 16.3 Å². The number of fused-ring (bicyclic) bond motifs is 9. The predicted octanol–water partition coefficient (Wildman–Crippen LogP) is 13.1. The Bertz CT molecular complexity index is 3140. The molecule has 244 valence electrons. The molecule has 11 rings (SSSR count). The van der Waals surface area contributed by atoms with Gasteiger partial charge in [0, 0.05) is 54.9 Å². The highest BCUT2D eigenvalue weighted by Crippen LogP contribution is 2.45. The van der Waals surface area contributed by atoms with Crippen LogP contribution in [0.4, 0.5) is 17.1 Å². The van der Waals surface area contributed by atoms with E-state index in [1.807, 2.05) is 42.5 Å². The van der Waals surface area contributed by atoms with Crippen LogP contribution in [0.2, 0.25) is 0 Å². The second-order valence-electron chi connectivity index (χ2n) is 13.2. The molecule has 52 heavy (non-hydrogen) atoms. The summed E-state index contributed by atoms with van der Waals surface area (Å²) in [6.07, 6.45) is 0. The molecule has 0 unspecified atom stereocenters. The van der Waals surface area contributed by atoms with E-state index in [9.17, 15) is 0 Å². The van der Waals surface area contributed by atoms with Gasteiger partial charge in [-0.05, 0) is 78.9 Å². The second kappa shape index (κ2) is 11.2. The maximum Gasteiger partial charge on any atom is 0.227 e. The molecule has 0 atom stereocenters. The van der Waals surface area contributed by atoms with Crippen LogP contribution in [0.3, 0.4) is 0 Å². The topological polar surface area (TPSA) is 47.3 Å². The molecule has 0 saturated carbocycles. The molecule has 0 radical (unpaired) electrons. The molecular formula is C47H29N3O2. The Balaban J connectivity index is 1.21. The number of benzene rings is 8. The smallest absolute Gasteiger partial charge is 0.227 e. The van der Waals surface area contributed by atoms with Gasteiger partial charge < -0.3 is 18.3 Å². The first-order valence-electron chi connectivity index (χ1n) is 17.5. The minimum Gasteiger partial charge on any atom is -0.456 e. The number of rotatable bonds is 5. The van der Waals surface area contributed by atoms with E-state index in [0.29, 0.717) is 5.89 Å². The normalized spacial score (nSPS) is 11.8. The highest BCUT2D eigenvalue weighted by atomic mass is 16.3. The molecular weight excluding hydrogens is 639 g/mol. The first-order valence-corrected chi connectivity index (χ1v) is 17.5. The van der Waals surface area contributed by atoms with Crippen LogP contribution in [0.5, 0.6) is 0 Å². The lowest BCUT2D eigenvalue weighted by Gasteiger charge is -2.27. The van der Waals surface area contributed by atoms with Gasteiger partial charge in [-0.1, -0.05) is 97.1 Å². The Hall–Kier alpha value is -7.11. The number of furan rings is 1. The van der Waals surface area contributed by atoms with Crippen molar-refractivity contribution < 1.29 is 8.83 Å². The zero-order valence-corrected chi connectivity index (χ0v) is 27.9. The van der Waals surface area contributed by atoms with Crippen molar-refractivity contribution in [2.24, 2.45) is 0 Å². The van der Waals surface area contributed by atoms with Gasteiger partial charge in [0.15, 0.2) is 5.58 Å². The zero-order chi connectivity index (χ0) is 34.2. The lowest BCUT2D eigenvalue weighted by atomic mass is 10.0. The summed E-state index contributed by atoms with van der Waals surface area (Å²) in [4.78, 5) is 7.42. The van der Waals surface area contributed by atoms with Crippen molar-refractivity contribution in [1.82, 2.24) is 9.55 Å². The highest BCUT2D eigenvalue weighted by Gasteiger charge is 2.23. The van der Waals surface area contributed by atoms with Crippen LogP contribution in [0.15, 0.2) is 185 Å². The van der Waals surface area contributed by atoms with Crippen LogP contribution in [0.25, 0.3) is 82.8 Å². The fourth-order valence-corrected chi connectivity index (χ4v) is 7.86. The number of anilines is 3. The van der Waals surface area contributed by atoms with Crippen molar-refractivity contribution in [2.45, 2.75) is 0 Å². The monoisotopic (exact) mass is 667 g/mol. The third-order valence-corrected chi connectivity index (χ3v) is 10.2. The second-order valence-corrected chi connectivity index (χ2v) is 13.2. The molecule has 3 aromatic heterocycles. The van der Waals surface area contributed by atoms with E-state index < -0.39 is 0 Å². The summed E-state index contributed by atoms with van der Waals surface area (Å²) in [5, 5.41) is 6.60. The molecule has 8 aromatic carbocycles. The van der Waals surface area contributed by atoms with Gasteiger partial charge in [-0.2, -0.15) is 0 Å². The third-order valence-electron chi connectivity index (χ3n) is 10.2. The quantitative estimate of drug-likeness (QED) is 0.183. The van der Waals surface area contributed by atoms with Crippen molar-refractivity contribution in [2.75, 3.05) is 4.90 Å². The third kappa shape index (κ3) is 4.33. The van der Waals surface area contributed by atoms with Crippen LogP contribution in [-0.4, -0.2) is 9.55 Å². The van der Waals surface area contributed by atoms with Gasteiger partial charge in [-0.25, -0.2) is 4.98 Å². The Kier molecular flexibility index (Phi) is 6.18. The first kappa shape index (κ1) is 28.7. The number of hydrogen-bond donors (Lipinski definition) is 0. The van der Waals surface area contributed by atoms with Gasteiger partial charge >= 0.3 is 0 Å².